The Hall–Kier alpha value is -0.320. The first-order chi connectivity index (χ1) is 4.76. The predicted octanol–water partition coefficient (Wildman–Crippen LogP) is 0.213. The molecule has 5 heteroatoms. The quantitative estimate of drug-likeness (QED) is 0.371. The zero-order chi connectivity index (χ0) is 7.98. The summed E-state index contributed by atoms with van der Waals surface area (Å²) in [4.78, 5) is 10.8. The molecule has 0 rings (SSSR count). The van der Waals surface area contributed by atoms with E-state index in [1.54, 1.807) is 0 Å². The lowest BCUT2D eigenvalue weighted by Crippen LogP contribution is -2.40. The molecule has 0 fully saturated rings. The van der Waals surface area contributed by atoms with Gasteiger partial charge < -0.3 is 4.74 Å². The SMILES string of the molecule is CCOC(CC)C(=O)NN.Cl. The molecule has 0 saturated carbocycles. The van der Waals surface area contributed by atoms with Crippen LogP contribution >= 0.6 is 12.4 Å². The fourth-order valence-electron chi connectivity index (χ4n) is 0.673. The van der Waals surface area contributed by atoms with Gasteiger partial charge in [0.2, 0.25) is 0 Å². The Labute approximate surface area is 72.9 Å². The number of nitrogens with one attached hydrogen (secondary N) is 1. The van der Waals surface area contributed by atoms with Gasteiger partial charge in [-0.3, -0.25) is 10.2 Å². The van der Waals surface area contributed by atoms with Crippen molar-refractivity contribution in [1.29, 1.82) is 0 Å². The van der Waals surface area contributed by atoms with E-state index in [-0.39, 0.29) is 18.3 Å². The highest BCUT2D eigenvalue weighted by atomic mass is 35.5. The van der Waals surface area contributed by atoms with Gasteiger partial charge in [0, 0.05) is 6.61 Å². The van der Waals surface area contributed by atoms with Gasteiger partial charge in [-0.2, -0.15) is 0 Å². The van der Waals surface area contributed by atoms with Crippen LogP contribution in [0.15, 0.2) is 0 Å². The van der Waals surface area contributed by atoms with Crippen molar-refractivity contribution < 1.29 is 9.53 Å². The summed E-state index contributed by atoms with van der Waals surface area (Å²) < 4.78 is 5.05. The molecule has 0 aromatic carbocycles. The Balaban J connectivity index is 0. The fraction of sp³-hybridized carbons (Fsp3) is 0.833. The van der Waals surface area contributed by atoms with Crippen LogP contribution in [0.5, 0.6) is 0 Å². The second kappa shape index (κ2) is 7.78. The molecule has 0 aliphatic carbocycles. The maximum Gasteiger partial charge on any atom is 0.262 e. The molecule has 0 aromatic heterocycles. The van der Waals surface area contributed by atoms with Crippen molar-refractivity contribution in [2.24, 2.45) is 5.84 Å². The minimum absolute atomic E-state index is 0. The van der Waals surface area contributed by atoms with E-state index < -0.39 is 6.10 Å². The predicted molar refractivity (Wildman–Crippen MR) is 45.3 cm³/mol. The van der Waals surface area contributed by atoms with Gasteiger partial charge in [0.15, 0.2) is 0 Å². The van der Waals surface area contributed by atoms with Crippen molar-refractivity contribution in [3.05, 3.63) is 0 Å². The summed E-state index contributed by atoms with van der Waals surface area (Å²) in [5.74, 6) is 4.64. The van der Waals surface area contributed by atoms with Gasteiger partial charge in [0.25, 0.3) is 5.91 Å². The number of carbonyl (C=O) groups is 1. The molecule has 4 nitrogen and oxygen atoms in total. The van der Waals surface area contributed by atoms with Gasteiger partial charge in [-0.1, -0.05) is 6.92 Å². The average Bonchev–Trinajstić information content (AvgIpc) is 1.99. The maximum absolute atomic E-state index is 10.8. The number of ether oxygens (including phenoxy) is 1. The third-order valence-corrected chi connectivity index (χ3v) is 1.17. The molecule has 0 radical (unpaired) electrons. The first kappa shape index (κ1) is 13.3. The molecule has 0 bridgehead atoms. The van der Waals surface area contributed by atoms with E-state index >= 15 is 0 Å². The van der Waals surface area contributed by atoms with Crippen LogP contribution in [0.25, 0.3) is 0 Å². The maximum atomic E-state index is 10.8. The molecule has 3 N–H and O–H groups in total. The van der Waals surface area contributed by atoms with Gasteiger partial charge in [-0.25, -0.2) is 5.84 Å². The Morgan fingerprint density at radius 1 is 1.64 bits per heavy atom. The Morgan fingerprint density at radius 3 is 2.45 bits per heavy atom. The third kappa shape index (κ3) is 5.01. The Kier molecular flexibility index (Phi) is 9.40. The highest BCUT2D eigenvalue weighted by Gasteiger charge is 2.13. The van der Waals surface area contributed by atoms with E-state index in [9.17, 15) is 4.79 Å². The van der Waals surface area contributed by atoms with Gasteiger partial charge in [0.05, 0.1) is 0 Å². The molecule has 68 valence electrons. The van der Waals surface area contributed by atoms with Crippen molar-refractivity contribution in [2.75, 3.05) is 6.61 Å². The van der Waals surface area contributed by atoms with Crippen molar-refractivity contribution >= 4 is 18.3 Å². The number of hydrogen-bond donors (Lipinski definition) is 2. The summed E-state index contributed by atoms with van der Waals surface area (Å²) >= 11 is 0. The molecule has 0 saturated heterocycles. The minimum atomic E-state index is -0.394. The van der Waals surface area contributed by atoms with Crippen LogP contribution in [0.3, 0.4) is 0 Å². The summed E-state index contributed by atoms with van der Waals surface area (Å²) in [5.41, 5.74) is 2.04. The summed E-state index contributed by atoms with van der Waals surface area (Å²) in [6, 6.07) is 0. The monoisotopic (exact) mass is 182 g/mol. The van der Waals surface area contributed by atoms with Gasteiger partial charge in [-0.15, -0.1) is 12.4 Å². The zero-order valence-corrected chi connectivity index (χ0v) is 7.61. The van der Waals surface area contributed by atoms with Crippen LogP contribution in [-0.4, -0.2) is 18.6 Å². The number of nitrogens with two attached hydrogens (primary N) is 1. The number of rotatable bonds is 4. The molecule has 0 aliphatic heterocycles. The number of halogens is 1. The molecule has 0 aliphatic rings. The van der Waals surface area contributed by atoms with Crippen molar-refractivity contribution in [3.63, 3.8) is 0 Å². The van der Waals surface area contributed by atoms with Crippen LogP contribution < -0.4 is 11.3 Å². The van der Waals surface area contributed by atoms with Gasteiger partial charge >= 0.3 is 0 Å². The molecule has 0 aromatic rings. The van der Waals surface area contributed by atoms with E-state index in [0.29, 0.717) is 13.0 Å². The highest BCUT2D eigenvalue weighted by molar-refractivity contribution is 5.85. The second-order valence-corrected chi connectivity index (χ2v) is 1.86. The lowest BCUT2D eigenvalue weighted by atomic mass is 10.3. The Bertz CT molecular complexity index is 111. The smallest absolute Gasteiger partial charge is 0.262 e. The van der Waals surface area contributed by atoms with Gasteiger partial charge in [0.1, 0.15) is 6.10 Å². The lowest BCUT2D eigenvalue weighted by molar-refractivity contribution is -0.132. The fourth-order valence-corrected chi connectivity index (χ4v) is 0.673. The summed E-state index contributed by atoms with van der Waals surface area (Å²) in [5, 5.41) is 0. The van der Waals surface area contributed by atoms with Crippen molar-refractivity contribution in [2.45, 2.75) is 26.4 Å². The van der Waals surface area contributed by atoms with Crippen LogP contribution in [0.2, 0.25) is 0 Å². The lowest BCUT2D eigenvalue weighted by Gasteiger charge is -2.11. The average molecular weight is 183 g/mol. The van der Waals surface area contributed by atoms with E-state index in [1.807, 2.05) is 19.3 Å². The first-order valence-corrected chi connectivity index (χ1v) is 3.38. The standard InChI is InChI=1S/C6H14N2O2.ClH/c1-3-5(10-4-2)6(9)8-7;/h5H,3-4,7H2,1-2H3,(H,8,9);1H. The van der Waals surface area contributed by atoms with Gasteiger partial charge in [-0.05, 0) is 13.3 Å². The zero-order valence-electron chi connectivity index (χ0n) is 6.79. The highest BCUT2D eigenvalue weighted by Crippen LogP contribution is 1.96. The number of hydrazine groups is 1. The van der Waals surface area contributed by atoms with E-state index in [1.165, 1.54) is 0 Å². The van der Waals surface area contributed by atoms with E-state index in [0.717, 1.165) is 0 Å². The molecule has 0 heterocycles. The van der Waals surface area contributed by atoms with Crippen LogP contribution in [0, 0.1) is 0 Å². The molecule has 1 amide bonds. The molecule has 11 heavy (non-hydrogen) atoms. The molecular formula is C6H15ClN2O2. The van der Waals surface area contributed by atoms with Crippen molar-refractivity contribution in [1.82, 2.24) is 5.43 Å². The summed E-state index contributed by atoms with van der Waals surface area (Å²) in [6.07, 6.45) is 0.256. The first-order valence-electron chi connectivity index (χ1n) is 3.38. The second-order valence-electron chi connectivity index (χ2n) is 1.86. The number of amides is 1. The topological polar surface area (TPSA) is 64.3 Å². The largest absolute Gasteiger partial charge is 0.369 e. The van der Waals surface area contributed by atoms with Crippen LogP contribution in [0.4, 0.5) is 0 Å². The molecular weight excluding hydrogens is 168 g/mol. The molecule has 1 unspecified atom stereocenters. The number of hydrogen-bond acceptors (Lipinski definition) is 3. The number of carbonyl (C=O) groups excluding carboxylic acids is 1. The van der Waals surface area contributed by atoms with E-state index in [4.69, 9.17) is 10.6 Å². The van der Waals surface area contributed by atoms with Crippen molar-refractivity contribution in [3.8, 4) is 0 Å². The van der Waals surface area contributed by atoms with Crippen LogP contribution in [-0.2, 0) is 9.53 Å². The molecule has 0 spiro atoms. The normalized spacial score (nSPS) is 11.5. The summed E-state index contributed by atoms with van der Waals surface area (Å²) in [7, 11) is 0. The van der Waals surface area contributed by atoms with E-state index in [2.05, 4.69) is 0 Å². The third-order valence-electron chi connectivity index (χ3n) is 1.17. The molecule has 1 atom stereocenters. The summed E-state index contributed by atoms with van der Waals surface area (Å²) in [6.45, 7) is 4.24. The van der Waals surface area contributed by atoms with Crippen LogP contribution in [0.1, 0.15) is 20.3 Å². The minimum Gasteiger partial charge on any atom is -0.369 e. The Morgan fingerprint density at radius 2 is 2.18 bits per heavy atom.